The summed E-state index contributed by atoms with van der Waals surface area (Å²) in [5.41, 5.74) is 1.54. The van der Waals surface area contributed by atoms with Crippen LogP contribution in [-0.4, -0.2) is 43.8 Å². The van der Waals surface area contributed by atoms with E-state index in [0.717, 1.165) is 36.6 Å². The van der Waals surface area contributed by atoms with E-state index in [9.17, 15) is 22.4 Å². The first-order valence-corrected chi connectivity index (χ1v) is 12.1. The lowest BCUT2D eigenvalue weighted by Gasteiger charge is -2.26. The van der Waals surface area contributed by atoms with Crippen molar-refractivity contribution in [1.82, 2.24) is 4.31 Å². The topological polar surface area (TPSA) is 92.8 Å². The fourth-order valence-corrected chi connectivity index (χ4v) is 5.03. The van der Waals surface area contributed by atoms with Crippen LogP contribution in [0, 0.1) is 5.82 Å². The minimum Gasteiger partial charge on any atom is -0.449 e. The van der Waals surface area contributed by atoms with E-state index in [1.54, 1.807) is 12.1 Å². The lowest BCUT2D eigenvalue weighted by atomic mass is 10.1. The number of rotatable bonds is 7. The summed E-state index contributed by atoms with van der Waals surface area (Å²) in [5.74, 6) is -2.39. The zero-order valence-corrected chi connectivity index (χ0v) is 19.0. The van der Waals surface area contributed by atoms with Crippen molar-refractivity contribution in [2.45, 2.75) is 50.5 Å². The van der Waals surface area contributed by atoms with Crippen molar-refractivity contribution < 1.29 is 27.1 Å². The van der Waals surface area contributed by atoms with Crippen LogP contribution < -0.4 is 5.32 Å². The third kappa shape index (κ3) is 5.52. The van der Waals surface area contributed by atoms with E-state index in [2.05, 4.69) is 5.32 Å². The van der Waals surface area contributed by atoms with Crippen LogP contribution >= 0.6 is 0 Å². The maximum Gasteiger partial charge on any atom is 0.338 e. The van der Waals surface area contributed by atoms with Crippen LogP contribution in [0.25, 0.3) is 0 Å². The first kappa shape index (κ1) is 23.9. The van der Waals surface area contributed by atoms with Gasteiger partial charge < -0.3 is 10.1 Å². The Hall–Kier alpha value is -2.78. The summed E-state index contributed by atoms with van der Waals surface area (Å²) in [7, 11) is -4.07. The molecule has 0 aliphatic carbocycles. The minimum atomic E-state index is -4.07. The molecular formula is C23H27FN2O5S. The third-order valence-electron chi connectivity index (χ3n) is 5.38. The van der Waals surface area contributed by atoms with E-state index in [0.29, 0.717) is 31.6 Å². The Kier molecular flexibility index (Phi) is 7.63. The van der Waals surface area contributed by atoms with Crippen LogP contribution in [0.15, 0.2) is 47.4 Å². The maximum atomic E-state index is 14.3. The molecule has 1 atom stereocenters. The summed E-state index contributed by atoms with van der Waals surface area (Å²) < 4.78 is 46.4. The highest BCUT2D eigenvalue weighted by Crippen LogP contribution is 2.24. The van der Waals surface area contributed by atoms with Crippen molar-refractivity contribution in [3.63, 3.8) is 0 Å². The van der Waals surface area contributed by atoms with Gasteiger partial charge in [-0.1, -0.05) is 25.5 Å². The number of anilines is 1. The molecule has 1 saturated heterocycles. The molecular weight excluding hydrogens is 435 g/mol. The Morgan fingerprint density at radius 2 is 1.75 bits per heavy atom. The molecule has 32 heavy (non-hydrogen) atoms. The number of nitrogens with one attached hydrogen (secondary N) is 1. The van der Waals surface area contributed by atoms with Gasteiger partial charge in [0.1, 0.15) is 10.7 Å². The molecule has 0 bridgehead atoms. The molecule has 9 heteroatoms. The van der Waals surface area contributed by atoms with Crippen LogP contribution in [0.1, 0.15) is 49.0 Å². The number of halogens is 1. The van der Waals surface area contributed by atoms with Crippen LogP contribution in [-0.2, 0) is 26.0 Å². The summed E-state index contributed by atoms with van der Waals surface area (Å²) in [4.78, 5) is 24.3. The summed E-state index contributed by atoms with van der Waals surface area (Å²) >= 11 is 0. The maximum absolute atomic E-state index is 14.3. The Morgan fingerprint density at radius 1 is 1.09 bits per heavy atom. The monoisotopic (exact) mass is 462 g/mol. The molecule has 0 saturated carbocycles. The van der Waals surface area contributed by atoms with Gasteiger partial charge in [-0.15, -0.1) is 0 Å². The fraction of sp³-hybridized carbons (Fsp3) is 0.391. The Bertz CT molecular complexity index is 1080. The molecule has 0 radical (unpaired) electrons. The zero-order chi connectivity index (χ0) is 23.3. The van der Waals surface area contributed by atoms with Gasteiger partial charge in [0, 0.05) is 18.8 Å². The van der Waals surface area contributed by atoms with Gasteiger partial charge in [-0.2, -0.15) is 4.31 Å². The number of nitrogens with zero attached hydrogens (tertiary/aromatic N) is 1. The van der Waals surface area contributed by atoms with Gasteiger partial charge in [0.2, 0.25) is 10.0 Å². The van der Waals surface area contributed by atoms with Crippen molar-refractivity contribution >= 4 is 27.6 Å². The summed E-state index contributed by atoms with van der Waals surface area (Å²) in [6.45, 7) is 4.05. The molecule has 0 spiro atoms. The second kappa shape index (κ2) is 10.2. The van der Waals surface area contributed by atoms with Gasteiger partial charge >= 0.3 is 5.97 Å². The molecule has 172 valence electrons. The van der Waals surface area contributed by atoms with Gasteiger partial charge in [0.15, 0.2) is 6.10 Å². The number of hydrogen-bond acceptors (Lipinski definition) is 5. The second-order valence-corrected chi connectivity index (χ2v) is 9.60. The molecule has 1 amide bonds. The molecule has 1 N–H and O–H groups in total. The first-order valence-electron chi connectivity index (χ1n) is 10.6. The molecule has 1 unspecified atom stereocenters. The van der Waals surface area contributed by atoms with Crippen molar-refractivity contribution in [1.29, 1.82) is 0 Å². The van der Waals surface area contributed by atoms with E-state index in [1.807, 2.05) is 19.1 Å². The molecule has 7 nitrogen and oxygen atoms in total. The van der Waals surface area contributed by atoms with Crippen LogP contribution in [0.3, 0.4) is 0 Å². The predicted molar refractivity (Wildman–Crippen MR) is 118 cm³/mol. The smallest absolute Gasteiger partial charge is 0.338 e. The van der Waals surface area contributed by atoms with Crippen molar-refractivity contribution in [2.24, 2.45) is 0 Å². The molecule has 2 aromatic carbocycles. The number of benzene rings is 2. The highest BCUT2D eigenvalue weighted by Gasteiger charge is 2.30. The van der Waals surface area contributed by atoms with Crippen LogP contribution in [0.4, 0.5) is 10.1 Å². The standard InChI is InChI=1S/C23H27FN2O5S/c1-3-17-7-10-19(11-8-17)25-22(27)16(2)31-23(28)18-9-12-20(24)21(15-18)32(29,30)26-13-5-4-6-14-26/h7-12,15-16H,3-6,13-14H2,1-2H3,(H,25,27). The van der Waals surface area contributed by atoms with Crippen LogP contribution in [0.2, 0.25) is 0 Å². The summed E-state index contributed by atoms with van der Waals surface area (Å²) in [5, 5.41) is 2.66. The number of sulfonamides is 1. The Morgan fingerprint density at radius 3 is 2.38 bits per heavy atom. The third-order valence-corrected chi connectivity index (χ3v) is 7.30. The van der Waals surface area contributed by atoms with E-state index in [1.165, 1.54) is 11.2 Å². The number of carbonyl (C=O) groups excluding carboxylic acids is 2. The number of piperidine rings is 1. The van der Waals surface area contributed by atoms with E-state index in [-0.39, 0.29) is 5.56 Å². The molecule has 0 aromatic heterocycles. The minimum absolute atomic E-state index is 0.145. The number of aryl methyl sites for hydroxylation is 1. The molecule has 1 aliphatic rings. The summed E-state index contributed by atoms with van der Waals surface area (Å²) in [6, 6.07) is 10.3. The van der Waals surface area contributed by atoms with Crippen molar-refractivity contribution in [3.8, 4) is 0 Å². The van der Waals surface area contributed by atoms with Gasteiger partial charge in [-0.3, -0.25) is 4.79 Å². The lowest BCUT2D eigenvalue weighted by Crippen LogP contribution is -2.36. The van der Waals surface area contributed by atoms with E-state index in [4.69, 9.17) is 4.74 Å². The highest BCUT2D eigenvalue weighted by atomic mass is 32.2. The largest absolute Gasteiger partial charge is 0.449 e. The number of carbonyl (C=O) groups is 2. The number of amides is 1. The van der Waals surface area contributed by atoms with Crippen molar-refractivity contribution in [3.05, 3.63) is 59.4 Å². The molecule has 1 aliphatic heterocycles. The van der Waals surface area contributed by atoms with Gasteiger partial charge in [0.25, 0.3) is 5.91 Å². The molecule has 1 fully saturated rings. The SMILES string of the molecule is CCc1ccc(NC(=O)C(C)OC(=O)c2ccc(F)c(S(=O)(=O)N3CCCCC3)c2)cc1. The molecule has 2 aromatic rings. The summed E-state index contributed by atoms with van der Waals surface area (Å²) in [6.07, 6.45) is 2.06. The van der Waals surface area contributed by atoms with E-state index < -0.39 is 38.7 Å². The van der Waals surface area contributed by atoms with Gasteiger partial charge in [-0.25, -0.2) is 17.6 Å². The van der Waals surface area contributed by atoms with E-state index >= 15 is 0 Å². The predicted octanol–water partition coefficient (Wildman–Crippen LogP) is 3.75. The lowest BCUT2D eigenvalue weighted by molar-refractivity contribution is -0.123. The first-order chi connectivity index (χ1) is 15.2. The Balaban J connectivity index is 1.70. The van der Waals surface area contributed by atoms with Crippen LogP contribution in [0.5, 0.6) is 0 Å². The second-order valence-electron chi connectivity index (χ2n) is 7.70. The van der Waals surface area contributed by atoms with Crippen molar-refractivity contribution in [2.75, 3.05) is 18.4 Å². The molecule has 1 heterocycles. The normalized spacial score (nSPS) is 15.7. The number of esters is 1. The van der Waals surface area contributed by atoms with Gasteiger partial charge in [-0.05, 0) is 62.1 Å². The molecule has 3 rings (SSSR count). The Labute approximate surface area is 187 Å². The number of hydrogen-bond donors (Lipinski definition) is 1. The number of ether oxygens (including phenoxy) is 1. The average molecular weight is 463 g/mol. The average Bonchev–Trinajstić information content (AvgIpc) is 2.80. The zero-order valence-electron chi connectivity index (χ0n) is 18.1. The fourth-order valence-electron chi connectivity index (χ4n) is 3.42. The highest BCUT2D eigenvalue weighted by molar-refractivity contribution is 7.89. The van der Waals surface area contributed by atoms with Gasteiger partial charge in [0.05, 0.1) is 5.56 Å². The quantitative estimate of drug-likeness (QED) is 0.633.